The van der Waals surface area contributed by atoms with Crippen LogP contribution in [-0.4, -0.2) is 17.0 Å². The van der Waals surface area contributed by atoms with Crippen LogP contribution in [0.3, 0.4) is 0 Å². The van der Waals surface area contributed by atoms with E-state index in [0.717, 1.165) is 22.7 Å². The number of carboxylic acid groups (broad SMARTS) is 1. The molecule has 2 rings (SSSR count). The predicted octanol–water partition coefficient (Wildman–Crippen LogP) is 4.95. The Labute approximate surface area is 130 Å². The lowest BCUT2D eigenvalue weighted by atomic mass is 10.5. The Balaban J connectivity index is 0.000000204. The summed E-state index contributed by atoms with van der Waals surface area (Å²) >= 11 is 13.1. The smallest absolute Gasteiger partial charge is 0.345 e. The lowest BCUT2D eigenvalue weighted by Crippen LogP contribution is -1.89. The Morgan fingerprint density at radius 3 is 1.90 bits per heavy atom. The van der Waals surface area contributed by atoms with E-state index in [0.29, 0.717) is 13.5 Å². The van der Waals surface area contributed by atoms with Crippen LogP contribution in [-0.2, 0) is 0 Å². The van der Waals surface area contributed by atoms with Crippen molar-refractivity contribution in [2.75, 3.05) is 0 Å². The summed E-state index contributed by atoms with van der Waals surface area (Å²) < 4.78 is 1.01. The zero-order valence-electron chi connectivity index (χ0n) is 9.49. The van der Waals surface area contributed by atoms with E-state index in [9.17, 15) is 9.59 Å². The quantitative estimate of drug-likeness (QED) is 0.471. The van der Waals surface area contributed by atoms with Crippen LogP contribution in [0.25, 0.3) is 10.4 Å². The van der Waals surface area contributed by atoms with Crippen molar-refractivity contribution in [2.45, 2.75) is 0 Å². The second-order valence-corrected chi connectivity index (χ2v) is 6.44. The normalized spacial score (nSPS) is 9.10. The minimum Gasteiger partial charge on any atom is -0.477 e. The Kier molecular flexibility index (Phi) is 6.50. The molecular weight excluding hydrogens is 345 g/mol. The molecular formula is C10H5Cl2N3O3S2. The number of hydrogen-bond donors (Lipinski definition) is 1. The number of aromatic carboxylic acids is 1. The molecule has 0 saturated carbocycles. The summed E-state index contributed by atoms with van der Waals surface area (Å²) in [6.07, 6.45) is 0. The fourth-order valence-electron chi connectivity index (χ4n) is 0.948. The van der Waals surface area contributed by atoms with Gasteiger partial charge in [0, 0.05) is 4.91 Å². The van der Waals surface area contributed by atoms with E-state index in [4.69, 9.17) is 33.8 Å². The van der Waals surface area contributed by atoms with E-state index in [2.05, 4.69) is 10.0 Å². The highest BCUT2D eigenvalue weighted by molar-refractivity contribution is 7.18. The van der Waals surface area contributed by atoms with Gasteiger partial charge in [0.05, 0.1) is 13.5 Å². The third kappa shape index (κ3) is 5.20. The van der Waals surface area contributed by atoms with Gasteiger partial charge in [0.2, 0.25) is 0 Å². The standard InChI is InChI=1S/C5H2ClN3OS.C5H3ClO2S/c6-4-2-1-3(11-4)5(10)8-9-7;6-4-2-1-3(9-4)5(7)8/h1-2H;1-2H,(H,7,8). The molecule has 6 nitrogen and oxygen atoms in total. The molecule has 20 heavy (non-hydrogen) atoms. The first-order valence-electron chi connectivity index (χ1n) is 4.77. The lowest BCUT2D eigenvalue weighted by molar-refractivity contribution is 0.0702. The van der Waals surface area contributed by atoms with Crippen LogP contribution in [0.1, 0.15) is 19.3 Å². The van der Waals surface area contributed by atoms with Gasteiger partial charge in [0.1, 0.15) is 4.88 Å². The fraction of sp³-hybridized carbons (Fsp3) is 0. The molecule has 1 amide bonds. The van der Waals surface area contributed by atoms with Gasteiger partial charge in [-0.1, -0.05) is 23.2 Å². The number of halogens is 2. The maximum absolute atomic E-state index is 10.8. The summed E-state index contributed by atoms with van der Waals surface area (Å²) in [5, 5.41) is 11.3. The Bertz CT molecular complexity index is 677. The van der Waals surface area contributed by atoms with Crippen molar-refractivity contribution in [2.24, 2.45) is 5.11 Å². The van der Waals surface area contributed by atoms with Crippen LogP contribution in [0.4, 0.5) is 0 Å². The fourth-order valence-corrected chi connectivity index (χ4v) is 2.75. The molecule has 0 aromatic carbocycles. The number of thiophene rings is 2. The van der Waals surface area contributed by atoms with Gasteiger partial charge in [0.25, 0.3) is 5.91 Å². The third-order valence-corrected chi connectivity index (χ3v) is 4.14. The van der Waals surface area contributed by atoms with Crippen molar-refractivity contribution >= 4 is 57.8 Å². The Hall–Kier alpha value is -1.57. The summed E-state index contributed by atoms with van der Waals surface area (Å²) in [7, 11) is 0. The highest BCUT2D eigenvalue weighted by Crippen LogP contribution is 2.22. The van der Waals surface area contributed by atoms with Crippen LogP contribution in [0.2, 0.25) is 8.67 Å². The first-order valence-corrected chi connectivity index (χ1v) is 7.16. The van der Waals surface area contributed by atoms with Gasteiger partial charge in [-0.15, -0.1) is 22.7 Å². The molecule has 0 saturated heterocycles. The van der Waals surface area contributed by atoms with Crippen LogP contribution < -0.4 is 0 Å². The highest BCUT2D eigenvalue weighted by Gasteiger charge is 2.05. The number of nitrogens with zero attached hydrogens (tertiary/aromatic N) is 3. The topological polar surface area (TPSA) is 103 Å². The maximum atomic E-state index is 10.8. The van der Waals surface area contributed by atoms with E-state index in [1.54, 1.807) is 12.1 Å². The van der Waals surface area contributed by atoms with Gasteiger partial charge >= 0.3 is 5.97 Å². The number of azide groups is 1. The summed E-state index contributed by atoms with van der Waals surface area (Å²) in [6.45, 7) is 0. The second-order valence-electron chi connectivity index (χ2n) is 3.01. The molecule has 2 aromatic rings. The molecule has 0 spiro atoms. The average molecular weight is 350 g/mol. The number of carbonyl (C=O) groups excluding carboxylic acids is 1. The minimum absolute atomic E-state index is 0.278. The van der Waals surface area contributed by atoms with E-state index in [-0.39, 0.29) is 4.88 Å². The third-order valence-electron chi connectivity index (χ3n) is 1.70. The maximum Gasteiger partial charge on any atom is 0.345 e. The van der Waals surface area contributed by atoms with Crippen molar-refractivity contribution in [3.05, 3.63) is 53.1 Å². The molecule has 2 heterocycles. The second kappa shape index (κ2) is 7.88. The van der Waals surface area contributed by atoms with Gasteiger partial charge < -0.3 is 5.11 Å². The number of carbonyl (C=O) groups is 2. The molecule has 0 aliphatic carbocycles. The molecule has 10 heteroatoms. The van der Waals surface area contributed by atoms with Crippen molar-refractivity contribution in [3.63, 3.8) is 0 Å². The summed E-state index contributed by atoms with van der Waals surface area (Å²) in [4.78, 5) is 23.9. The molecule has 0 radical (unpaired) electrons. The van der Waals surface area contributed by atoms with Crippen LogP contribution in [0.15, 0.2) is 29.4 Å². The molecule has 0 atom stereocenters. The average Bonchev–Trinajstić information content (AvgIpc) is 2.99. The van der Waals surface area contributed by atoms with Crippen LogP contribution in [0.5, 0.6) is 0 Å². The van der Waals surface area contributed by atoms with Crippen LogP contribution in [0, 0.1) is 0 Å². The van der Waals surface area contributed by atoms with E-state index in [1.807, 2.05) is 0 Å². The zero-order valence-corrected chi connectivity index (χ0v) is 12.6. The van der Waals surface area contributed by atoms with Gasteiger partial charge in [0.15, 0.2) is 0 Å². The largest absolute Gasteiger partial charge is 0.477 e. The zero-order chi connectivity index (χ0) is 15.1. The van der Waals surface area contributed by atoms with Crippen LogP contribution >= 0.6 is 45.9 Å². The monoisotopic (exact) mass is 349 g/mol. The summed E-state index contributed by atoms with van der Waals surface area (Å²) in [5.74, 6) is -1.52. The number of amides is 1. The van der Waals surface area contributed by atoms with Gasteiger partial charge in [-0.05, 0) is 34.9 Å². The van der Waals surface area contributed by atoms with E-state index in [1.165, 1.54) is 12.1 Å². The van der Waals surface area contributed by atoms with Crippen molar-refractivity contribution in [1.82, 2.24) is 0 Å². The van der Waals surface area contributed by atoms with Crippen molar-refractivity contribution < 1.29 is 14.7 Å². The minimum atomic E-state index is -0.924. The van der Waals surface area contributed by atoms with E-state index < -0.39 is 11.9 Å². The van der Waals surface area contributed by atoms with E-state index >= 15 is 0 Å². The Morgan fingerprint density at radius 2 is 1.60 bits per heavy atom. The molecule has 0 aliphatic rings. The predicted molar refractivity (Wildman–Crippen MR) is 79.1 cm³/mol. The van der Waals surface area contributed by atoms with Crippen molar-refractivity contribution in [3.8, 4) is 0 Å². The molecule has 0 aliphatic heterocycles. The number of hydrogen-bond acceptors (Lipinski definition) is 4. The van der Waals surface area contributed by atoms with Gasteiger partial charge in [-0.2, -0.15) is 0 Å². The SMILES string of the molecule is O=C(O)c1ccc(Cl)s1.[N-]=[N+]=NC(=O)c1ccc(Cl)s1. The highest BCUT2D eigenvalue weighted by atomic mass is 35.5. The first-order chi connectivity index (χ1) is 9.43. The van der Waals surface area contributed by atoms with Gasteiger partial charge in [-0.3, -0.25) is 4.79 Å². The first kappa shape index (κ1) is 16.5. The van der Waals surface area contributed by atoms with Gasteiger partial charge in [-0.25, -0.2) is 4.79 Å². The molecule has 1 N–H and O–H groups in total. The molecule has 0 bridgehead atoms. The summed E-state index contributed by atoms with van der Waals surface area (Å²) in [5.41, 5.74) is 7.91. The number of carboxylic acids is 1. The molecule has 2 aromatic heterocycles. The molecule has 104 valence electrons. The molecule has 0 fully saturated rings. The Morgan fingerprint density at radius 1 is 1.10 bits per heavy atom. The molecule has 0 unspecified atom stereocenters. The van der Waals surface area contributed by atoms with Crippen molar-refractivity contribution in [1.29, 1.82) is 0 Å². The summed E-state index contributed by atoms with van der Waals surface area (Å²) in [6, 6.07) is 6.14. The lowest BCUT2D eigenvalue weighted by Gasteiger charge is -1.81. The number of rotatable bonds is 2.